The van der Waals surface area contributed by atoms with E-state index >= 15 is 0 Å². The van der Waals surface area contributed by atoms with E-state index in [1.807, 2.05) is 20.8 Å². The van der Waals surface area contributed by atoms with Crippen molar-refractivity contribution >= 4 is 53.2 Å². The van der Waals surface area contributed by atoms with Crippen molar-refractivity contribution < 1.29 is 35.9 Å². The number of carbonyl (C=O) groups is 1. The molecule has 1 heterocycles. The number of piperazine rings is 1. The van der Waals surface area contributed by atoms with E-state index < -0.39 is 34.6 Å². The fourth-order valence-electron chi connectivity index (χ4n) is 3.77. The number of alkyl halides is 6. The van der Waals surface area contributed by atoms with Gasteiger partial charge in [-0.3, -0.25) is 0 Å². The lowest BCUT2D eigenvalue weighted by molar-refractivity contribution is -0.331. The van der Waals surface area contributed by atoms with E-state index in [-0.39, 0.29) is 25.9 Å². The summed E-state index contributed by atoms with van der Waals surface area (Å²) < 4.78 is 83.3. The van der Waals surface area contributed by atoms with Crippen LogP contribution in [0.25, 0.3) is 0 Å². The number of halogens is 6. The quantitative estimate of drug-likeness (QED) is 0.339. The molecule has 0 bridgehead atoms. The van der Waals surface area contributed by atoms with Gasteiger partial charge in [0.15, 0.2) is 7.85 Å². The fourth-order valence-corrected chi connectivity index (χ4v) is 3.77. The van der Waals surface area contributed by atoms with Gasteiger partial charge in [-0.2, -0.15) is 26.3 Å². The van der Waals surface area contributed by atoms with Gasteiger partial charge in [0.05, 0.1) is 0 Å². The summed E-state index contributed by atoms with van der Waals surface area (Å²) >= 11 is 0. The maximum Gasteiger partial charge on any atom is 0.428 e. The summed E-state index contributed by atoms with van der Waals surface area (Å²) in [7, 11) is 8.03. The molecule has 4 nitrogen and oxygen atoms in total. The van der Waals surface area contributed by atoms with Crippen molar-refractivity contribution in [1.82, 2.24) is 9.80 Å². The minimum absolute atomic E-state index is 0.167. The SMILES string of the molecule is BC1N(C(C)(C)C)CC(B)(B)N(C(=O)OC(B)(C(F)(F)F)C(F)(F)F)C1(B)B. The van der Waals surface area contributed by atoms with Crippen LogP contribution in [0.1, 0.15) is 20.8 Å². The minimum atomic E-state index is -5.81. The number of rotatable bonds is 1. The molecule has 0 spiro atoms. The van der Waals surface area contributed by atoms with Crippen LogP contribution in [-0.4, -0.2) is 110 Å². The molecular formula is C12H24B6F6N2O2. The summed E-state index contributed by atoms with van der Waals surface area (Å²) in [5, 5.41) is -2.16. The first kappa shape index (κ1) is 25.2. The Morgan fingerprint density at radius 3 is 1.71 bits per heavy atom. The molecule has 1 aliphatic heterocycles. The highest BCUT2D eigenvalue weighted by Gasteiger charge is 2.71. The minimum Gasteiger partial charge on any atom is -0.433 e. The number of amides is 1. The van der Waals surface area contributed by atoms with E-state index in [0.717, 1.165) is 4.90 Å². The highest BCUT2D eigenvalue weighted by Crippen LogP contribution is 2.45. The largest absolute Gasteiger partial charge is 0.433 e. The highest BCUT2D eigenvalue weighted by molar-refractivity contribution is 6.48. The Bertz CT molecular complexity index is 607. The molecule has 28 heavy (non-hydrogen) atoms. The van der Waals surface area contributed by atoms with Crippen LogP contribution in [0.4, 0.5) is 31.1 Å². The van der Waals surface area contributed by atoms with Crippen molar-refractivity contribution in [2.75, 3.05) is 6.54 Å². The van der Waals surface area contributed by atoms with Gasteiger partial charge in [-0.15, -0.1) is 0 Å². The predicted octanol–water partition coefficient (Wildman–Crippen LogP) is -3.21. The van der Waals surface area contributed by atoms with Gasteiger partial charge >= 0.3 is 18.4 Å². The molecule has 1 fully saturated rings. The van der Waals surface area contributed by atoms with E-state index in [4.69, 9.17) is 0 Å². The van der Waals surface area contributed by atoms with Crippen molar-refractivity contribution in [3.63, 3.8) is 0 Å². The van der Waals surface area contributed by atoms with E-state index in [9.17, 15) is 31.1 Å². The molecular weight excluding hydrogens is 383 g/mol. The van der Waals surface area contributed by atoms with Crippen LogP contribution < -0.4 is 0 Å². The zero-order valence-electron chi connectivity index (χ0n) is 17.8. The Labute approximate surface area is 166 Å². The van der Waals surface area contributed by atoms with Gasteiger partial charge in [-0.05, 0) is 37.4 Å². The summed E-state index contributed by atoms with van der Waals surface area (Å²) in [6.45, 7) is 6.11. The van der Waals surface area contributed by atoms with Gasteiger partial charge in [0, 0.05) is 12.1 Å². The Kier molecular flexibility index (Phi) is 6.19. The molecule has 1 amide bonds. The highest BCUT2D eigenvalue weighted by atomic mass is 19.4. The van der Waals surface area contributed by atoms with E-state index in [0.29, 0.717) is 0 Å². The molecule has 16 heteroatoms. The van der Waals surface area contributed by atoms with Crippen molar-refractivity contribution in [2.24, 2.45) is 0 Å². The second-order valence-electron chi connectivity index (χ2n) is 9.67. The number of hydrogen-bond acceptors (Lipinski definition) is 3. The van der Waals surface area contributed by atoms with E-state index in [2.05, 4.69) is 9.64 Å². The standard InChI is InChI=1S/C12H24B6F6N2O2/c1-7(2,3)25-4-8(14,15)26(9(16,17)5(25)13)6(27)28-10(18,11(19,20)21)12(22,23)24/h5H,4,13-18H2,1-3H3. The lowest BCUT2D eigenvalue weighted by Crippen LogP contribution is -2.81. The maximum atomic E-state index is 13.2. The zero-order valence-corrected chi connectivity index (χ0v) is 17.8. The van der Waals surface area contributed by atoms with E-state index in [1.54, 1.807) is 39.2 Å². The fraction of sp³-hybridized carbons (Fsp3) is 0.917. The lowest BCUT2D eigenvalue weighted by Gasteiger charge is -2.63. The van der Waals surface area contributed by atoms with Gasteiger partial charge < -0.3 is 14.5 Å². The first-order valence-corrected chi connectivity index (χ1v) is 8.93. The molecule has 1 aliphatic rings. The van der Waals surface area contributed by atoms with Crippen molar-refractivity contribution in [3.05, 3.63) is 0 Å². The Balaban J connectivity index is 3.40. The second-order valence-corrected chi connectivity index (χ2v) is 9.67. The molecule has 1 saturated heterocycles. The summed E-state index contributed by atoms with van der Waals surface area (Å²) in [5.74, 6) is -0.351. The summed E-state index contributed by atoms with van der Waals surface area (Å²) in [6.07, 6.45) is -13.3. The average molecular weight is 407 g/mol. The zero-order chi connectivity index (χ0) is 22.7. The van der Waals surface area contributed by atoms with Gasteiger partial charge in [-0.25, -0.2) is 4.79 Å². The second kappa shape index (κ2) is 6.87. The third-order valence-corrected chi connectivity index (χ3v) is 5.65. The van der Waals surface area contributed by atoms with Crippen LogP contribution in [-0.2, 0) is 4.74 Å². The first-order valence-electron chi connectivity index (χ1n) is 8.93. The number of carbonyl (C=O) groups excluding carboxylic acids is 1. The number of nitrogens with zero attached hydrogens (tertiary/aromatic N) is 2. The van der Waals surface area contributed by atoms with Crippen LogP contribution in [0.3, 0.4) is 0 Å². The molecule has 0 N–H and O–H groups in total. The van der Waals surface area contributed by atoms with Crippen LogP contribution in [0, 0.1) is 0 Å². The summed E-state index contributed by atoms with van der Waals surface area (Å²) in [4.78, 5) is 15.8. The smallest absolute Gasteiger partial charge is 0.428 e. The van der Waals surface area contributed by atoms with Gasteiger partial charge in [0.1, 0.15) is 39.2 Å². The van der Waals surface area contributed by atoms with Gasteiger partial charge in [0.25, 0.3) is 5.50 Å². The van der Waals surface area contributed by atoms with E-state index in [1.165, 1.54) is 0 Å². The van der Waals surface area contributed by atoms with Crippen molar-refractivity contribution in [2.45, 2.75) is 60.8 Å². The Morgan fingerprint density at radius 1 is 1.00 bits per heavy atom. The van der Waals surface area contributed by atoms with Crippen LogP contribution in [0.2, 0.25) is 0 Å². The third-order valence-electron chi connectivity index (χ3n) is 5.65. The van der Waals surface area contributed by atoms with Crippen molar-refractivity contribution in [3.8, 4) is 0 Å². The predicted molar refractivity (Wildman–Crippen MR) is 110 cm³/mol. The first-order chi connectivity index (χ1) is 12.0. The van der Waals surface area contributed by atoms with Crippen LogP contribution in [0.15, 0.2) is 0 Å². The molecule has 0 aromatic carbocycles. The van der Waals surface area contributed by atoms with Crippen LogP contribution in [0.5, 0.6) is 0 Å². The molecule has 1 atom stereocenters. The third kappa shape index (κ3) is 4.21. The summed E-state index contributed by atoms with van der Waals surface area (Å²) in [6, 6.07) is 0. The Hall–Kier alpha value is -0.800. The molecule has 0 saturated carbocycles. The average Bonchev–Trinajstić information content (AvgIpc) is 2.38. The van der Waals surface area contributed by atoms with Crippen LogP contribution >= 0.6 is 0 Å². The monoisotopic (exact) mass is 408 g/mol. The molecule has 0 aromatic rings. The number of ether oxygens (including phenoxy) is 1. The lowest BCUT2D eigenvalue weighted by atomic mass is 9.44. The number of hydrogen-bond donors (Lipinski definition) is 0. The normalized spacial score (nSPS) is 24.0. The molecule has 0 aliphatic carbocycles. The molecule has 0 radical (unpaired) electrons. The molecule has 1 unspecified atom stereocenters. The molecule has 0 aromatic heterocycles. The molecule has 154 valence electrons. The van der Waals surface area contributed by atoms with Gasteiger partial charge in [0.2, 0.25) is 0 Å². The topological polar surface area (TPSA) is 32.8 Å². The maximum absolute atomic E-state index is 13.2. The van der Waals surface area contributed by atoms with Gasteiger partial charge in [-0.1, -0.05) is 0 Å². The Morgan fingerprint density at radius 2 is 1.39 bits per heavy atom. The van der Waals surface area contributed by atoms with Crippen molar-refractivity contribution in [1.29, 1.82) is 0 Å². The summed E-state index contributed by atoms with van der Waals surface area (Å²) in [5.41, 5.74) is -4.93. The molecule has 1 rings (SSSR count).